The fourth-order valence-electron chi connectivity index (χ4n) is 1.38. The van der Waals surface area contributed by atoms with Crippen molar-refractivity contribution in [2.75, 3.05) is 4.72 Å². The van der Waals surface area contributed by atoms with Crippen molar-refractivity contribution in [3.63, 3.8) is 0 Å². The molecule has 0 atom stereocenters. The van der Waals surface area contributed by atoms with E-state index >= 15 is 0 Å². The quantitative estimate of drug-likeness (QED) is 0.854. The molecule has 0 saturated carbocycles. The molecule has 20 heavy (non-hydrogen) atoms. The number of halogens is 1. The third-order valence-corrected chi connectivity index (χ3v) is 5.94. The number of aromatic carboxylic acids is 1. The highest BCUT2D eigenvalue weighted by molar-refractivity contribution is 9.11. The van der Waals surface area contributed by atoms with Gasteiger partial charge >= 0.3 is 5.97 Å². The minimum Gasteiger partial charge on any atom is -0.477 e. The Bertz CT molecular complexity index is 753. The number of pyridine rings is 1. The molecule has 9 heteroatoms. The van der Waals surface area contributed by atoms with Gasteiger partial charge in [0, 0.05) is 5.69 Å². The molecule has 0 amide bonds. The van der Waals surface area contributed by atoms with Crippen LogP contribution in [0.2, 0.25) is 0 Å². The molecule has 0 unspecified atom stereocenters. The second kappa shape index (κ2) is 5.51. The number of sulfonamides is 1. The SMILES string of the molecule is Cc1ccc(NS(=O)(=O)c2cc(C(=O)O)sc2Br)cn1. The molecule has 0 aliphatic carbocycles. The van der Waals surface area contributed by atoms with Gasteiger partial charge in [0.2, 0.25) is 0 Å². The Labute approximate surface area is 127 Å². The molecule has 0 aromatic carbocycles. The zero-order chi connectivity index (χ0) is 14.9. The lowest BCUT2D eigenvalue weighted by Crippen LogP contribution is -2.13. The van der Waals surface area contributed by atoms with Crippen LogP contribution in [-0.2, 0) is 10.0 Å². The average Bonchev–Trinajstić information content (AvgIpc) is 2.75. The molecule has 0 radical (unpaired) electrons. The first-order valence-electron chi connectivity index (χ1n) is 5.28. The number of anilines is 1. The Hall–Kier alpha value is -1.45. The van der Waals surface area contributed by atoms with Crippen LogP contribution in [0.3, 0.4) is 0 Å². The van der Waals surface area contributed by atoms with Crippen molar-refractivity contribution in [1.82, 2.24) is 4.98 Å². The fraction of sp³-hybridized carbons (Fsp3) is 0.0909. The Morgan fingerprint density at radius 3 is 2.65 bits per heavy atom. The maximum absolute atomic E-state index is 12.2. The normalized spacial score (nSPS) is 11.3. The highest BCUT2D eigenvalue weighted by atomic mass is 79.9. The third kappa shape index (κ3) is 3.17. The molecular weight excluding hydrogens is 368 g/mol. The molecule has 0 aliphatic rings. The molecule has 106 valence electrons. The predicted molar refractivity (Wildman–Crippen MR) is 78.8 cm³/mol. The Morgan fingerprint density at radius 2 is 2.15 bits per heavy atom. The summed E-state index contributed by atoms with van der Waals surface area (Å²) in [4.78, 5) is 14.7. The van der Waals surface area contributed by atoms with Gasteiger partial charge in [0.05, 0.1) is 15.7 Å². The van der Waals surface area contributed by atoms with E-state index in [1.54, 1.807) is 19.1 Å². The lowest BCUT2D eigenvalue weighted by Gasteiger charge is -2.06. The van der Waals surface area contributed by atoms with Gasteiger partial charge < -0.3 is 5.11 Å². The summed E-state index contributed by atoms with van der Waals surface area (Å²) in [6.45, 7) is 1.78. The molecule has 0 aliphatic heterocycles. The molecule has 0 fully saturated rings. The van der Waals surface area contributed by atoms with E-state index in [2.05, 4.69) is 25.6 Å². The number of carbonyl (C=O) groups is 1. The molecule has 2 rings (SSSR count). The van der Waals surface area contributed by atoms with E-state index in [4.69, 9.17) is 5.11 Å². The monoisotopic (exact) mass is 376 g/mol. The van der Waals surface area contributed by atoms with Crippen molar-refractivity contribution in [2.45, 2.75) is 11.8 Å². The summed E-state index contributed by atoms with van der Waals surface area (Å²) in [5.41, 5.74) is 1.07. The van der Waals surface area contributed by atoms with Crippen molar-refractivity contribution in [3.05, 3.63) is 38.8 Å². The zero-order valence-electron chi connectivity index (χ0n) is 10.1. The van der Waals surface area contributed by atoms with Crippen molar-refractivity contribution in [2.24, 2.45) is 0 Å². The molecule has 2 heterocycles. The average molecular weight is 377 g/mol. The number of aryl methyl sites for hydroxylation is 1. The lowest BCUT2D eigenvalue weighted by atomic mass is 10.4. The van der Waals surface area contributed by atoms with Gasteiger partial charge in [-0.25, -0.2) is 13.2 Å². The summed E-state index contributed by atoms with van der Waals surface area (Å²) in [7, 11) is -3.86. The van der Waals surface area contributed by atoms with Crippen LogP contribution in [0.5, 0.6) is 0 Å². The Kier molecular flexibility index (Phi) is 4.11. The van der Waals surface area contributed by atoms with Gasteiger partial charge in [-0.15, -0.1) is 11.3 Å². The van der Waals surface area contributed by atoms with Crippen molar-refractivity contribution in [1.29, 1.82) is 0 Å². The third-order valence-electron chi connectivity index (χ3n) is 2.32. The van der Waals surface area contributed by atoms with Gasteiger partial charge in [-0.1, -0.05) is 0 Å². The smallest absolute Gasteiger partial charge is 0.345 e. The van der Waals surface area contributed by atoms with Crippen molar-refractivity contribution in [3.8, 4) is 0 Å². The Morgan fingerprint density at radius 1 is 1.45 bits per heavy atom. The fourth-order valence-corrected chi connectivity index (χ4v) is 4.83. The number of carboxylic acid groups (broad SMARTS) is 1. The number of hydrogen-bond acceptors (Lipinski definition) is 5. The minimum absolute atomic E-state index is 0.0562. The topological polar surface area (TPSA) is 96.4 Å². The highest BCUT2D eigenvalue weighted by Crippen LogP contribution is 2.32. The predicted octanol–water partition coefficient (Wildman–Crippen LogP) is 2.71. The van der Waals surface area contributed by atoms with Gasteiger partial charge in [0.15, 0.2) is 0 Å². The maximum Gasteiger partial charge on any atom is 0.345 e. The zero-order valence-corrected chi connectivity index (χ0v) is 13.3. The van der Waals surface area contributed by atoms with Crippen molar-refractivity contribution < 1.29 is 18.3 Å². The minimum atomic E-state index is -3.86. The number of rotatable bonds is 4. The highest BCUT2D eigenvalue weighted by Gasteiger charge is 2.23. The number of carboxylic acids is 1. The number of aromatic nitrogens is 1. The molecular formula is C11H9BrN2O4S2. The maximum atomic E-state index is 12.2. The number of hydrogen-bond donors (Lipinski definition) is 2. The van der Waals surface area contributed by atoms with E-state index < -0.39 is 16.0 Å². The van der Waals surface area contributed by atoms with E-state index in [1.165, 1.54) is 6.20 Å². The molecule has 0 saturated heterocycles. The standard InChI is InChI=1S/C11H9BrN2O4S2/c1-6-2-3-7(5-13-6)14-20(17,18)9-4-8(11(15)16)19-10(9)12/h2-5,14H,1H3,(H,15,16). The van der Waals surface area contributed by atoms with Gasteiger partial charge in [-0.2, -0.15) is 0 Å². The van der Waals surface area contributed by atoms with Crippen LogP contribution in [0.1, 0.15) is 15.4 Å². The molecule has 2 N–H and O–H groups in total. The molecule has 0 spiro atoms. The molecule has 2 aromatic rings. The van der Waals surface area contributed by atoms with E-state index in [1.807, 2.05) is 0 Å². The van der Waals surface area contributed by atoms with Gasteiger partial charge in [0.25, 0.3) is 10.0 Å². The van der Waals surface area contributed by atoms with E-state index in [0.717, 1.165) is 23.1 Å². The summed E-state index contributed by atoms with van der Waals surface area (Å²) >= 11 is 3.91. The summed E-state index contributed by atoms with van der Waals surface area (Å²) in [6, 6.07) is 4.36. The lowest BCUT2D eigenvalue weighted by molar-refractivity contribution is 0.0702. The van der Waals surface area contributed by atoms with Crippen LogP contribution in [-0.4, -0.2) is 24.5 Å². The summed E-state index contributed by atoms with van der Waals surface area (Å²) in [5.74, 6) is -1.17. The van der Waals surface area contributed by atoms with Crippen LogP contribution < -0.4 is 4.72 Å². The van der Waals surface area contributed by atoms with Crippen LogP contribution in [0, 0.1) is 6.92 Å². The first kappa shape index (κ1) is 14.9. The number of thiophene rings is 1. The van der Waals surface area contributed by atoms with Gasteiger partial charge in [-0.3, -0.25) is 9.71 Å². The van der Waals surface area contributed by atoms with Crippen LogP contribution >= 0.6 is 27.3 Å². The van der Waals surface area contributed by atoms with Crippen molar-refractivity contribution >= 4 is 48.9 Å². The van der Waals surface area contributed by atoms with E-state index in [-0.39, 0.29) is 13.6 Å². The van der Waals surface area contributed by atoms with Crippen LogP contribution in [0.4, 0.5) is 5.69 Å². The summed E-state index contributed by atoms with van der Waals surface area (Å²) < 4.78 is 27.0. The largest absolute Gasteiger partial charge is 0.477 e. The molecule has 6 nitrogen and oxygen atoms in total. The Balaban J connectivity index is 2.35. The van der Waals surface area contributed by atoms with E-state index in [0.29, 0.717) is 5.69 Å². The number of nitrogens with zero attached hydrogens (tertiary/aromatic N) is 1. The molecule has 2 aromatic heterocycles. The van der Waals surface area contributed by atoms with Crippen LogP contribution in [0.25, 0.3) is 0 Å². The van der Waals surface area contributed by atoms with Crippen LogP contribution in [0.15, 0.2) is 33.1 Å². The second-order valence-corrected chi connectivity index (χ2v) is 7.87. The van der Waals surface area contributed by atoms with E-state index in [9.17, 15) is 13.2 Å². The first-order chi connectivity index (χ1) is 9.29. The summed E-state index contributed by atoms with van der Waals surface area (Å²) in [5, 5.41) is 8.87. The number of nitrogens with one attached hydrogen (secondary N) is 1. The molecule has 0 bridgehead atoms. The van der Waals surface area contributed by atoms with Gasteiger partial charge in [-0.05, 0) is 41.1 Å². The first-order valence-corrected chi connectivity index (χ1v) is 8.37. The second-order valence-electron chi connectivity index (χ2n) is 3.85. The summed E-state index contributed by atoms with van der Waals surface area (Å²) in [6.07, 6.45) is 1.39. The van der Waals surface area contributed by atoms with Gasteiger partial charge in [0.1, 0.15) is 9.77 Å².